The lowest BCUT2D eigenvalue weighted by molar-refractivity contribution is 0.308. The third-order valence-corrected chi connectivity index (χ3v) is 2.60. The van der Waals surface area contributed by atoms with Crippen molar-refractivity contribution in [2.24, 2.45) is 5.73 Å². The fourth-order valence-corrected chi connectivity index (χ4v) is 1.72. The third-order valence-electron chi connectivity index (χ3n) is 2.60. The van der Waals surface area contributed by atoms with Crippen LogP contribution in [0.15, 0.2) is 18.2 Å². The number of rotatable bonds is 6. The molecule has 0 radical (unpaired) electrons. The molecule has 3 nitrogen and oxygen atoms in total. The van der Waals surface area contributed by atoms with Gasteiger partial charge < -0.3 is 15.2 Å². The number of ether oxygens (including phenoxy) is 2. The van der Waals surface area contributed by atoms with Gasteiger partial charge in [-0.25, -0.2) is 0 Å². The molecule has 0 unspecified atom stereocenters. The van der Waals surface area contributed by atoms with E-state index in [0.717, 1.165) is 29.9 Å². The molecule has 0 amide bonds. The number of nitrogens with two attached hydrogens (primary N) is 1. The summed E-state index contributed by atoms with van der Waals surface area (Å²) in [6.07, 6.45) is 1.81. The molecule has 1 aromatic rings. The lowest BCUT2D eigenvalue weighted by atomic mass is 9.96. The Balaban J connectivity index is 2.87. The van der Waals surface area contributed by atoms with Crippen molar-refractivity contribution in [3.8, 4) is 11.5 Å². The molecule has 0 fully saturated rings. The van der Waals surface area contributed by atoms with Gasteiger partial charge in [0.2, 0.25) is 0 Å². The van der Waals surface area contributed by atoms with Gasteiger partial charge in [-0.2, -0.15) is 0 Å². The normalized spacial score (nSPS) is 11.4. The Kier molecular flexibility index (Phi) is 4.82. The van der Waals surface area contributed by atoms with Crippen LogP contribution in [0.2, 0.25) is 0 Å². The van der Waals surface area contributed by atoms with Gasteiger partial charge in [-0.3, -0.25) is 0 Å². The van der Waals surface area contributed by atoms with Crippen molar-refractivity contribution in [3.05, 3.63) is 23.8 Å². The number of hydrogen-bond donors (Lipinski definition) is 1. The van der Waals surface area contributed by atoms with Gasteiger partial charge in [0.25, 0.3) is 0 Å². The number of benzene rings is 1. The van der Waals surface area contributed by atoms with Gasteiger partial charge in [-0.15, -0.1) is 0 Å². The van der Waals surface area contributed by atoms with Crippen molar-refractivity contribution in [3.63, 3.8) is 0 Å². The second-order valence-electron chi connectivity index (χ2n) is 4.87. The first-order valence-electron chi connectivity index (χ1n) is 6.05. The van der Waals surface area contributed by atoms with Crippen molar-refractivity contribution < 1.29 is 9.47 Å². The van der Waals surface area contributed by atoms with E-state index in [-0.39, 0.29) is 5.54 Å². The van der Waals surface area contributed by atoms with Crippen LogP contribution in [-0.4, -0.2) is 19.3 Å². The van der Waals surface area contributed by atoms with Gasteiger partial charge in [0.15, 0.2) is 11.5 Å². The van der Waals surface area contributed by atoms with Crippen LogP contribution >= 0.6 is 0 Å². The molecule has 0 aliphatic heterocycles. The van der Waals surface area contributed by atoms with Crippen molar-refractivity contribution in [2.75, 3.05) is 13.7 Å². The van der Waals surface area contributed by atoms with Crippen LogP contribution in [0, 0.1) is 0 Å². The van der Waals surface area contributed by atoms with E-state index < -0.39 is 0 Å². The summed E-state index contributed by atoms with van der Waals surface area (Å²) in [4.78, 5) is 0. The average Bonchev–Trinajstić information content (AvgIpc) is 2.26. The Labute approximate surface area is 104 Å². The summed E-state index contributed by atoms with van der Waals surface area (Å²) in [7, 11) is 1.68. The maximum absolute atomic E-state index is 6.00. The Morgan fingerprint density at radius 2 is 2.00 bits per heavy atom. The lowest BCUT2D eigenvalue weighted by Gasteiger charge is -2.19. The van der Waals surface area contributed by atoms with Crippen LogP contribution in [0.25, 0.3) is 0 Å². The summed E-state index contributed by atoms with van der Waals surface area (Å²) in [6.45, 7) is 6.68. The van der Waals surface area contributed by atoms with E-state index in [9.17, 15) is 0 Å². The predicted molar refractivity (Wildman–Crippen MR) is 70.8 cm³/mol. The monoisotopic (exact) mass is 237 g/mol. The third kappa shape index (κ3) is 4.27. The number of hydrogen-bond acceptors (Lipinski definition) is 3. The highest BCUT2D eigenvalue weighted by molar-refractivity contribution is 5.46. The zero-order chi connectivity index (χ0) is 12.9. The highest BCUT2D eigenvalue weighted by Crippen LogP contribution is 2.32. The summed E-state index contributed by atoms with van der Waals surface area (Å²) in [6, 6.07) is 5.98. The first-order chi connectivity index (χ1) is 7.98. The fourth-order valence-electron chi connectivity index (χ4n) is 1.72. The predicted octanol–water partition coefficient (Wildman–Crippen LogP) is 2.76. The summed E-state index contributed by atoms with van der Waals surface area (Å²) in [5, 5.41) is 0. The molecule has 0 heterocycles. The molecule has 0 aliphatic carbocycles. The highest BCUT2D eigenvalue weighted by atomic mass is 16.5. The quantitative estimate of drug-likeness (QED) is 0.827. The number of para-hydroxylation sites is 1. The van der Waals surface area contributed by atoms with Gasteiger partial charge in [0, 0.05) is 5.54 Å². The van der Waals surface area contributed by atoms with Gasteiger partial charge in [0.05, 0.1) is 13.7 Å². The van der Waals surface area contributed by atoms with E-state index in [2.05, 4.69) is 6.07 Å². The molecule has 0 saturated heterocycles. The Hall–Kier alpha value is -1.22. The molecule has 0 saturated carbocycles. The van der Waals surface area contributed by atoms with E-state index in [1.54, 1.807) is 7.11 Å². The van der Waals surface area contributed by atoms with Crippen molar-refractivity contribution in [1.29, 1.82) is 0 Å². The minimum absolute atomic E-state index is 0.160. The second-order valence-corrected chi connectivity index (χ2v) is 4.87. The number of methoxy groups -OCH3 is 1. The van der Waals surface area contributed by atoms with Crippen LogP contribution in [0.5, 0.6) is 11.5 Å². The van der Waals surface area contributed by atoms with Crippen LogP contribution < -0.4 is 15.2 Å². The van der Waals surface area contributed by atoms with Crippen molar-refractivity contribution in [2.45, 2.75) is 39.2 Å². The second kappa shape index (κ2) is 5.92. The standard InChI is InChI=1S/C14H23NO2/c1-5-17-12-8-6-7-11(13(12)16-4)9-10-14(2,3)15/h6-8H,5,9-10,15H2,1-4H3. The highest BCUT2D eigenvalue weighted by Gasteiger charge is 2.14. The molecule has 96 valence electrons. The van der Waals surface area contributed by atoms with E-state index in [4.69, 9.17) is 15.2 Å². The topological polar surface area (TPSA) is 44.5 Å². The first kappa shape index (κ1) is 13.8. The lowest BCUT2D eigenvalue weighted by Crippen LogP contribution is -2.32. The van der Waals surface area contributed by atoms with Gasteiger partial charge in [0.1, 0.15) is 0 Å². The largest absolute Gasteiger partial charge is 0.493 e. The summed E-state index contributed by atoms with van der Waals surface area (Å²) in [5.74, 6) is 1.64. The minimum Gasteiger partial charge on any atom is -0.493 e. The summed E-state index contributed by atoms with van der Waals surface area (Å²) >= 11 is 0. The molecule has 1 aromatic carbocycles. The Morgan fingerprint density at radius 1 is 1.29 bits per heavy atom. The van der Waals surface area contributed by atoms with Crippen LogP contribution in [0.4, 0.5) is 0 Å². The van der Waals surface area contributed by atoms with Gasteiger partial charge in [-0.1, -0.05) is 12.1 Å². The molecule has 0 spiro atoms. The smallest absolute Gasteiger partial charge is 0.163 e. The Morgan fingerprint density at radius 3 is 2.53 bits per heavy atom. The fraction of sp³-hybridized carbons (Fsp3) is 0.571. The van der Waals surface area contributed by atoms with Crippen LogP contribution in [0.3, 0.4) is 0 Å². The SMILES string of the molecule is CCOc1cccc(CCC(C)(C)N)c1OC. The maximum atomic E-state index is 6.00. The van der Waals surface area contributed by atoms with E-state index in [0.29, 0.717) is 6.61 Å². The zero-order valence-electron chi connectivity index (χ0n) is 11.2. The van der Waals surface area contributed by atoms with Crippen LogP contribution in [-0.2, 0) is 6.42 Å². The summed E-state index contributed by atoms with van der Waals surface area (Å²) in [5.41, 5.74) is 6.99. The molecule has 0 aliphatic rings. The minimum atomic E-state index is -0.160. The molecule has 1 rings (SSSR count). The molecule has 2 N–H and O–H groups in total. The molecular weight excluding hydrogens is 214 g/mol. The maximum Gasteiger partial charge on any atom is 0.163 e. The first-order valence-corrected chi connectivity index (χ1v) is 6.05. The van der Waals surface area contributed by atoms with Crippen molar-refractivity contribution in [1.82, 2.24) is 0 Å². The average molecular weight is 237 g/mol. The van der Waals surface area contributed by atoms with Crippen molar-refractivity contribution >= 4 is 0 Å². The molecule has 3 heteroatoms. The molecule has 17 heavy (non-hydrogen) atoms. The van der Waals surface area contributed by atoms with E-state index in [1.807, 2.05) is 32.9 Å². The van der Waals surface area contributed by atoms with E-state index >= 15 is 0 Å². The van der Waals surface area contributed by atoms with Gasteiger partial charge >= 0.3 is 0 Å². The van der Waals surface area contributed by atoms with Gasteiger partial charge in [-0.05, 0) is 45.2 Å². The molecule has 0 aromatic heterocycles. The number of aryl methyl sites for hydroxylation is 1. The molecule has 0 bridgehead atoms. The Bertz CT molecular complexity index is 356. The molecular formula is C14H23NO2. The zero-order valence-corrected chi connectivity index (χ0v) is 11.2. The molecule has 0 atom stereocenters. The van der Waals surface area contributed by atoms with Crippen LogP contribution in [0.1, 0.15) is 32.8 Å². The summed E-state index contributed by atoms with van der Waals surface area (Å²) < 4.78 is 11.0. The van der Waals surface area contributed by atoms with E-state index in [1.165, 1.54) is 0 Å².